The lowest BCUT2D eigenvalue weighted by atomic mass is 10.1. The summed E-state index contributed by atoms with van der Waals surface area (Å²) in [6.07, 6.45) is 0. The van der Waals surface area contributed by atoms with Crippen molar-refractivity contribution in [2.75, 3.05) is 24.6 Å². The fraction of sp³-hybridized carbons (Fsp3) is 0.357. The van der Waals surface area contributed by atoms with E-state index >= 15 is 0 Å². The first-order chi connectivity index (χ1) is 10.4. The molecule has 3 rings (SSSR count). The molecule has 0 amide bonds. The third-order valence-corrected chi connectivity index (χ3v) is 6.55. The molecule has 0 spiro atoms. The third-order valence-electron chi connectivity index (χ3n) is 3.71. The van der Waals surface area contributed by atoms with E-state index in [4.69, 9.17) is 9.52 Å². The molecule has 0 saturated carbocycles. The first-order valence-corrected chi connectivity index (χ1v) is 9.35. The molecule has 0 atom stereocenters. The number of aromatic carboxylic acids is 1. The molecular formula is C14H15NO5S2. The number of aryl methyl sites for hydroxylation is 1. The minimum atomic E-state index is -3.55. The molecular weight excluding hydrogens is 326 g/mol. The van der Waals surface area contributed by atoms with E-state index in [2.05, 4.69) is 0 Å². The Morgan fingerprint density at radius 3 is 2.64 bits per heavy atom. The van der Waals surface area contributed by atoms with Gasteiger partial charge in [-0.25, -0.2) is 13.2 Å². The molecule has 118 valence electrons. The molecule has 6 nitrogen and oxygen atoms in total. The summed E-state index contributed by atoms with van der Waals surface area (Å²) >= 11 is 1.74. The topological polar surface area (TPSA) is 87.8 Å². The molecule has 0 unspecified atom stereocenters. The molecule has 0 radical (unpaired) electrons. The number of carbonyl (C=O) groups is 1. The lowest BCUT2D eigenvalue weighted by Gasteiger charge is -2.25. The van der Waals surface area contributed by atoms with Crippen LogP contribution in [-0.2, 0) is 10.0 Å². The summed E-state index contributed by atoms with van der Waals surface area (Å²) in [7, 11) is -3.55. The fourth-order valence-corrected chi connectivity index (χ4v) is 5.10. The second-order valence-electron chi connectivity index (χ2n) is 5.04. The van der Waals surface area contributed by atoms with Crippen LogP contribution in [0.25, 0.3) is 11.0 Å². The van der Waals surface area contributed by atoms with Gasteiger partial charge in [0, 0.05) is 35.5 Å². The molecule has 1 aliphatic rings. The number of carboxylic acids is 1. The first-order valence-electron chi connectivity index (χ1n) is 6.75. The summed E-state index contributed by atoms with van der Waals surface area (Å²) in [6.45, 7) is 2.61. The van der Waals surface area contributed by atoms with Crippen LogP contribution in [-0.4, -0.2) is 48.4 Å². The highest BCUT2D eigenvalue weighted by Gasteiger charge is 2.27. The number of fused-ring (bicyclic) bond motifs is 1. The predicted octanol–water partition coefficient (Wildman–Crippen LogP) is 2.18. The summed E-state index contributed by atoms with van der Waals surface area (Å²) in [5, 5.41) is 9.60. The second kappa shape index (κ2) is 5.60. The van der Waals surface area contributed by atoms with Gasteiger partial charge in [-0.1, -0.05) is 0 Å². The zero-order valence-electron chi connectivity index (χ0n) is 11.9. The lowest BCUT2D eigenvalue weighted by molar-refractivity contribution is 0.0664. The Kier molecular flexibility index (Phi) is 3.92. The van der Waals surface area contributed by atoms with Gasteiger partial charge in [-0.3, -0.25) is 0 Å². The van der Waals surface area contributed by atoms with E-state index in [9.17, 15) is 13.2 Å². The highest BCUT2D eigenvalue weighted by atomic mass is 32.2. The molecule has 8 heteroatoms. The van der Waals surface area contributed by atoms with Crippen LogP contribution in [0.5, 0.6) is 0 Å². The summed E-state index contributed by atoms with van der Waals surface area (Å²) in [5.74, 6) is 0.259. The van der Waals surface area contributed by atoms with E-state index in [1.807, 2.05) is 0 Å². The third kappa shape index (κ3) is 2.51. The summed E-state index contributed by atoms with van der Waals surface area (Å²) < 4.78 is 32.0. The first kappa shape index (κ1) is 15.4. The van der Waals surface area contributed by atoms with Crippen LogP contribution in [0, 0.1) is 6.92 Å². The largest absolute Gasteiger partial charge is 0.475 e. The van der Waals surface area contributed by atoms with E-state index < -0.39 is 16.0 Å². The number of sulfonamides is 1. The summed E-state index contributed by atoms with van der Waals surface area (Å²) in [4.78, 5) is 11.3. The molecule has 22 heavy (non-hydrogen) atoms. The maximum Gasteiger partial charge on any atom is 0.372 e. The van der Waals surface area contributed by atoms with Crippen molar-refractivity contribution in [3.05, 3.63) is 29.5 Å². The molecule has 1 aromatic carbocycles. The SMILES string of the molecule is Cc1c(C(=O)O)oc2ccc(S(=O)(=O)N3CCSCC3)cc12. The van der Waals surface area contributed by atoms with Crippen LogP contribution in [0.2, 0.25) is 0 Å². The van der Waals surface area contributed by atoms with Crippen molar-refractivity contribution < 1.29 is 22.7 Å². The Labute approximate surface area is 132 Å². The van der Waals surface area contributed by atoms with Crippen LogP contribution >= 0.6 is 11.8 Å². The number of benzene rings is 1. The van der Waals surface area contributed by atoms with Gasteiger partial charge in [0.15, 0.2) is 0 Å². The highest BCUT2D eigenvalue weighted by molar-refractivity contribution is 7.99. The predicted molar refractivity (Wildman–Crippen MR) is 84.0 cm³/mol. The van der Waals surface area contributed by atoms with Gasteiger partial charge in [-0.2, -0.15) is 16.1 Å². The fourth-order valence-electron chi connectivity index (χ4n) is 2.50. The van der Waals surface area contributed by atoms with Gasteiger partial charge in [-0.15, -0.1) is 0 Å². The number of thioether (sulfide) groups is 1. The lowest BCUT2D eigenvalue weighted by Crippen LogP contribution is -2.37. The number of hydrogen-bond donors (Lipinski definition) is 1. The van der Waals surface area contributed by atoms with Crippen LogP contribution < -0.4 is 0 Å². The number of carboxylic acid groups (broad SMARTS) is 1. The van der Waals surface area contributed by atoms with Crippen molar-refractivity contribution >= 4 is 38.7 Å². The van der Waals surface area contributed by atoms with E-state index in [1.54, 1.807) is 18.7 Å². The quantitative estimate of drug-likeness (QED) is 0.920. The van der Waals surface area contributed by atoms with Gasteiger partial charge in [-0.05, 0) is 25.1 Å². The zero-order chi connectivity index (χ0) is 15.9. The Hall–Kier alpha value is -1.51. The van der Waals surface area contributed by atoms with Crippen molar-refractivity contribution in [3.63, 3.8) is 0 Å². The van der Waals surface area contributed by atoms with Crippen LogP contribution in [0.3, 0.4) is 0 Å². The van der Waals surface area contributed by atoms with Gasteiger partial charge < -0.3 is 9.52 Å². The van der Waals surface area contributed by atoms with Gasteiger partial charge in [0.25, 0.3) is 0 Å². The molecule has 1 N–H and O–H groups in total. The molecule has 1 saturated heterocycles. The number of rotatable bonds is 3. The van der Waals surface area contributed by atoms with Crippen molar-refractivity contribution in [1.29, 1.82) is 0 Å². The second-order valence-corrected chi connectivity index (χ2v) is 8.20. The maximum atomic E-state index is 12.7. The minimum Gasteiger partial charge on any atom is -0.475 e. The van der Waals surface area contributed by atoms with Crippen LogP contribution in [0.1, 0.15) is 16.1 Å². The molecule has 2 heterocycles. The monoisotopic (exact) mass is 341 g/mol. The standard InChI is InChI=1S/C14H15NO5S2/c1-9-11-8-10(2-3-12(11)20-13(9)14(16)17)22(18,19)15-4-6-21-7-5-15/h2-3,8H,4-7H2,1H3,(H,16,17). The van der Waals surface area contributed by atoms with Gasteiger partial charge in [0.1, 0.15) is 5.58 Å². The average Bonchev–Trinajstić information content (AvgIpc) is 2.85. The van der Waals surface area contributed by atoms with Gasteiger partial charge >= 0.3 is 5.97 Å². The van der Waals surface area contributed by atoms with E-state index in [1.165, 1.54) is 22.5 Å². The Morgan fingerprint density at radius 2 is 2.00 bits per heavy atom. The molecule has 0 bridgehead atoms. The van der Waals surface area contributed by atoms with Crippen molar-refractivity contribution in [2.24, 2.45) is 0 Å². The molecule has 1 aliphatic heterocycles. The van der Waals surface area contributed by atoms with Crippen molar-refractivity contribution in [2.45, 2.75) is 11.8 Å². The van der Waals surface area contributed by atoms with Crippen LogP contribution in [0.15, 0.2) is 27.5 Å². The van der Waals surface area contributed by atoms with E-state index in [-0.39, 0.29) is 10.7 Å². The zero-order valence-corrected chi connectivity index (χ0v) is 13.5. The number of furan rings is 1. The molecule has 2 aromatic rings. The minimum absolute atomic E-state index is 0.154. The van der Waals surface area contributed by atoms with Crippen molar-refractivity contribution in [1.82, 2.24) is 4.31 Å². The van der Waals surface area contributed by atoms with E-state index in [0.29, 0.717) is 29.6 Å². The Balaban J connectivity index is 2.08. The Morgan fingerprint density at radius 1 is 1.32 bits per heavy atom. The maximum absolute atomic E-state index is 12.7. The van der Waals surface area contributed by atoms with Crippen molar-refractivity contribution in [3.8, 4) is 0 Å². The van der Waals surface area contributed by atoms with Crippen LogP contribution in [0.4, 0.5) is 0 Å². The molecule has 0 aliphatic carbocycles. The summed E-state index contributed by atoms with van der Waals surface area (Å²) in [5.41, 5.74) is 0.816. The summed E-state index contributed by atoms with van der Waals surface area (Å²) in [6, 6.07) is 4.48. The number of nitrogens with zero attached hydrogens (tertiary/aromatic N) is 1. The Bertz CT molecular complexity index is 834. The van der Waals surface area contributed by atoms with Gasteiger partial charge in [0.2, 0.25) is 15.8 Å². The van der Waals surface area contributed by atoms with Gasteiger partial charge in [0.05, 0.1) is 4.90 Å². The number of hydrogen-bond acceptors (Lipinski definition) is 5. The average molecular weight is 341 g/mol. The normalized spacial score (nSPS) is 17.0. The van der Waals surface area contributed by atoms with E-state index in [0.717, 1.165) is 11.5 Å². The molecule has 1 fully saturated rings. The molecule has 1 aromatic heterocycles. The highest BCUT2D eigenvalue weighted by Crippen LogP contribution is 2.29. The smallest absolute Gasteiger partial charge is 0.372 e.